The number of nitrogens with zero attached hydrogens (tertiary/aromatic N) is 1. The molecule has 7 nitrogen and oxygen atoms in total. The Bertz CT molecular complexity index is 806. The molecule has 1 N–H and O–H groups in total. The third-order valence-electron chi connectivity index (χ3n) is 3.35. The fraction of sp³-hybridized carbons (Fsp3) is 0.333. The van der Waals surface area contributed by atoms with Crippen LogP contribution in [0.2, 0.25) is 5.02 Å². The Morgan fingerprint density at radius 3 is 2.37 bits per heavy atom. The summed E-state index contributed by atoms with van der Waals surface area (Å²) in [6.07, 6.45) is -0.101. The van der Waals surface area contributed by atoms with Crippen molar-refractivity contribution in [2.75, 3.05) is 13.2 Å². The molecule has 0 fully saturated rings. The van der Waals surface area contributed by atoms with Crippen molar-refractivity contribution in [3.63, 3.8) is 0 Å². The monoisotopic (exact) mass is 410 g/mol. The van der Waals surface area contributed by atoms with Crippen LogP contribution in [0.4, 0.5) is 0 Å². The van der Waals surface area contributed by atoms with Gasteiger partial charge in [-0.05, 0) is 19.9 Å². The van der Waals surface area contributed by atoms with E-state index >= 15 is 0 Å². The maximum Gasteiger partial charge on any atom is 0.340 e. The lowest BCUT2D eigenvalue weighted by molar-refractivity contribution is -0.159. The molecule has 0 radical (unpaired) electrons. The molecule has 144 valence electrons. The van der Waals surface area contributed by atoms with Crippen molar-refractivity contribution < 1.29 is 23.9 Å². The number of benzene rings is 1. The van der Waals surface area contributed by atoms with E-state index in [1.54, 1.807) is 25.3 Å². The molecular weight excluding hydrogens is 392 g/mol. The lowest BCUT2D eigenvalue weighted by Gasteiger charge is -2.15. The highest BCUT2D eigenvalue weighted by molar-refractivity contribution is 7.13. The van der Waals surface area contributed by atoms with Gasteiger partial charge in [0.25, 0.3) is 0 Å². The zero-order chi connectivity index (χ0) is 19.8. The predicted octanol–water partition coefficient (Wildman–Crippen LogP) is 2.62. The molecule has 1 aromatic carbocycles. The van der Waals surface area contributed by atoms with E-state index in [4.69, 9.17) is 21.1 Å². The van der Waals surface area contributed by atoms with E-state index in [0.717, 1.165) is 5.56 Å². The van der Waals surface area contributed by atoms with Crippen molar-refractivity contribution in [2.24, 2.45) is 0 Å². The summed E-state index contributed by atoms with van der Waals surface area (Å²) in [5, 5.41) is 5.31. The van der Waals surface area contributed by atoms with Crippen LogP contribution in [0.5, 0.6) is 0 Å². The molecule has 1 heterocycles. The normalized spacial score (nSPS) is 10.5. The quantitative estimate of drug-likeness (QED) is 0.531. The minimum Gasteiger partial charge on any atom is -0.464 e. The van der Waals surface area contributed by atoms with Crippen LogP contribution in [-0.4, -0.2) is 42.1 Å². The molecule has 0 bridgehead atoms. The van der Waals surface area contributed by atoms with Gasteiger partial charge < -0.3 is 14.8 Å². The van der Waals surface area contributed by atoms with E-state index in [2.05, 4.69) is 10.3 Å². The first kappa shape index (κ1) is 20.9. The predicted molar refractivity (Wildman–Crippen MR) is 101 cm³/mol. The number of carbonyl (C=O) groups excluding carboxylic acids is 3. The second-order valence-corrected chi connectivity index (χ2v) is 6.57. The first-order chi connectivity index (χ1) is 13.0. The molecule has 1 aromatic heterocycles. The van der Waals surface area contributed by atoms with Crippen LogP contribution < -0.4 is 5.32 Å². The smallest absolute Gasteiger partial charge is 0.340 e. The van der Waals surface area contributed by atoms with Gasteiger partial charge in [0.15, 0.2) is 0 Å². The topological polar surface area (TPSA) is 94.6 Å². The summed E-state index contributed by atoms with van der Waals surface area (Å²) >= 11 is 7.50. The first-order valence-corrected chi connectivity index (χ1v) is 9.53. The van der Waals surface area contributed by atoms with Gasteiger partial charge in [-0.2, -0.15) is 0 Å². The number of thiazole rings is 1. The number of esters is 2. The van der Waals surface area contributed by atoms with Gasteiger partial charge in [0.1, 0.15) is 5.01 Å². The van der Waals surface area contributed by atoms with Gasteiger partial charge in [-0.25, -0.2) is 14.6 Å². The van der Waals surface area contributed by atoms with Gasteiger partial charge in [-0.3, -0.25) is 4.79 Å². The Morgan fingerprint density at radius 2 is 1.78 bits per heavy atom. The maximum atomic E-state index is 12.3. The van der Waals surface area contributed by atoms with E-state index in [9.17, 15) is 14.4 Å². The number of carbonyl (C=O) groups is 3. The number of halogens is 1. The zero-order valence-corrected chi connectivity index (χ0v) is 16.4. The summed E-state index contributed by atoms with van der Waals surface area (Å²) in [4.78, 5) is 40.5. The average molecular weight is 411 g/mol. The molecule has 0 atom stereocenters. The van der Waals surface area contributed by atoms with E-state index in [0.29, 0.717) is 15.7 Å². The average Bonchev–Trinajstić information content (AvgIpc) is 3.08. The van der Waals surface area contributed by atoms with Crippen LogP contribution in [0, 0.1) is 0 Å². The molecule has 0 saturated carbocycles. The van der Waals surface area contributed by atoms with Crippen LogP contribution in [0.1, 0.15) is 19.5 Å². The molecule has 0 spiro atoms. The molecule has 2 aromatic rings. The zero-order valence-electron chi connectivity index (χ0n) is 14.9. The SMILES string of the molecule is CCOC(=O)C(NC(=O)Cc1csc(-c2ccccc2Cl)n1)C(=O)OCC. The summed E-state index contributed by atoms with van der Waals surface area (Å²) < 4.78 is 9.63. The summed E-state index contributed by atoms with van der Waals surface area (Å²) in [7, 11) is 0. The van der Waals surface area contributed by atoms with Gasteiger partial charge in [0.2, 0.25) is 11.9 Å². The summed E-state index contributed by atoms with van der Waals surface area (Å²) in [6, 6.07) is 5.76. The number of aromatic nitrogens is 1. The number of amides is 1. The van der Waals surface area contributed by atoms with Crippen molar-refractivity contribution in [1.29, 1.82) is 0 Å². The van der Waals surface area contributed by atoms with E-state index < -0.39 is 23.9 Å². The number of ether oxygens (including phenoxy) is 2. The van der Waals surface area contributed by atoms with E-state index in [-0.39, 0.29) is 19.6 Å². The van der Waals surface area contributed by atoms with Gasteiger partial charge >= 0.3 is 11.9 Å². The largest absolute Gasteiger partial charge is 0.464 e. The second kappa shape index (κ2) is 10.0. The fourth-order valence-corrected chi connectivity index (χ4v) is 3.33. The molecule has 27 heavy (non-hydrogen) atoms. The van der Waals surface area contributed by atoms with Crippen molar-refractivity contribution in [1.82, 2.24) is 10.3 Å². The third kappa shape index (κ3) is 5.77. The molecule has 0 aliphatic rings. The van der Waals surface area contributed by atoms with Crippen LogP contribution in [0.25, 0.3) is 10.6 Å². The second-order valence-electron chi connectivity index (χ2n) is 5.31. The Balaban J connectivity index is 2.06. The molecule has 0 saturated heterocycles. The molecule has 0 aliphatic heterocycles. The van der Waals surface area contributed by atoms with Gasteiger partial charge in [0.05, 0.1) is 30.4 Å². The number of hydrogen-bond acceptors (Lipinski definition) is 7. The number of rotatable bonds is 8. The van der Waals surface area contributed by atoms with Crippen LogP contribution in [-0.2, 0) is 30.3 Å². The summed E-state index contributed by atoms with van der Waals surface area (Å²) in [5.74, 6) is -2.27. The van der Waals surface area contributed by atoms with Crippen molar-refractivity contribution >= 4 is 40.8 Å². The third-order valence-corrected chi connectivity index (χ3v) is 4.60. The van der Waals surface area contributed by atoms with Crippen LogP contribution in [0.15, 0.2) is 29.6 Å². The van der Waals surface area contributed by atoms with Crippen LogP contribution >= 0.6 is 22.9 Å². The van der Waals surface area contributed by atoms with Gasteiger partial charge in [-0.15, -0.1) is 11.3 Å². The lowest BCUT2D eigenvalue weighted by atomic mass is 10.2. The highest BCUT2D eigenvalue weighted by Gasteiger charge is 2.31. The van der Waals surface area contributed by atoms with Gasteiger partial charge in [-0.1, -0.05) is 29.8 Å². The fourth-order valence-electron chi connectivity index (χ4n) is 2.19. The van der Waals surface area contributed by atoms with Gasteiger partial charge in [0, 0.05) is 10.9 Å². The minimum atomic E-state index is -1.50. The molecule has 9 heteroatoms. The number of nitrogens with one attached hydrogen (secondary N) is 1. The summed E-state index contributed by atoms with van der Waals surface area (Å²) in [6.45, 7) is 3.37. The maximum absolute atomic E-state index is 12.3. The van der Waals surface area contributed by atoms with Crippen LogP contribution in [0.3, 0.4) is 0 Å². The first-order valence-electron chi connectivity index (χ1n) is 8.28. The number of hydrogen-bond donors (Lipinski definition) is 1. The Labute approximate surface area is 165 Å². The van der Waals surface area contributed by atoms with Crippen molar-refractivity contribution in [3.8, 4) is 10.6 Å². The molecule has 0 unspecified atom stereocenters. The highest BCUT2D eigenvalue weighted by Crippen LogP contribution is 2.30. The Hall–Kier alpha value is -2.45. The minimum absolute atomic E-state index is 0.0812. The standard InChI is InChI=1S/C18H19ClN2O5S/c1-3-25-17(23)15(18(24)26-4-2)21-14(22)9-11-10-27-16(20-11)12-7-5-6-8-13(12)19/h5-8,10,15H,3-4,9H2,1-2H3,(H,21,22). The van der Waals surface area contributed by atoms with E-state index in [1.165, 1.54) is 11.3 Å². The summed E-state index contributed by atoms with van der Waals surface area (Å²) in [5.41, 5.74) is 1.27. The highest BCUT2D eigenvalue weighted by atomic mass is 35.5. The molecule has 1 amide bonds. The molecule has 2 rings (SSSR count). The Morgan fingerprint density at radius 1 is 1.15 bits per heavy atom. The van der Waals surface area contributed by atoms with E-state index in [1.807, 2.05) is 18.2 Å². The Kier molecular flexibility index (Phi) is 7.75. The molecule has 0 aliphatic carbocycles. The molecular formula is C18H19ClN2O5S. The lowest BCUT2D eigenvalue weighted by Crippen LogP contribution is -2.48. The van der Waals surface area contributed by atoms with Crippen molar-refractivity contribution in [3.05, 3.63) is 40.4 Å². The van der Waals surface area contributed by atoms with Crippen molar-refractivity contribution in [2.45, 2.75) is 26.3 Å².